The summed E-state index contributed by atoms with van der Waals surface area (Å²) in [6.45, 7) is 8.28. The summed E-state index contributed by atoms with van der Waals surface area (Å²) in [4.78, 5) is 19.1. The lowest BCUT2D eigenvalue weighted by Gasteiger charge is -2.38. The highest BCUT2D eigenvalue weighted by Crippen LogP contribution is 2.22. The Morgan fingerprint density at radius 1 is 1.17 bits per heavy atom. The molecule has 0 aliphatic carbocycles. The number of piperazine rings is 1. The highest BCUT2D eigenvalue weighted by molar-refractivity contribution is 5.78. The van der Waals surface area contributed by atoms with E-state index in [1.54, 1.807) is 0 Å². The molecule has 2 aliphatic heterocycles. The zero-order valence-electron chi connectivity index (χ0n) is 14.4. The third kappa shape index (κ3) is 3.95. The van der Waals surface area contributed by atoms with Gasteiger partial charge < -0.3 is 4.90 Å². The predicted octanol–water partition coefficient (Wildman–Crippen LogP) is 1.86. The van der Waals surface area contributed by atoms with Crippen LogP contribution >= 0.6 is 0 Å². The maximum Gasteiger partial charge on any atom is 0.236 e. The minimum Gasteiger partial charge on any atom is -0.339 e. The van der Waals surface area contributed by atoms with Crippen LogP contribution < -0.4 is 0 Å². The van der Waals surface area contributed by atoms with E-state index in [0.29, 0.717) is 12.1 Å². The molecule has 1 amide bonds. The van der Waals surface area contributed by atoms with Gasteiger partial charge in [-0.05, 0) is 50.6 Å². The quantitative estimate of drug-likeness (QED) is 0.847. The van der Waals surface area contributed by atoms with Gasteiger partial charge >= 0.3 is 0 Å². The maximum absolute atomic E-state index is 12.4. The molecule has 0 unspecified atom stereocenters. The van der Waals surface area contributed by atoms with Crippen molar-refractivity contribution in [2.75, 3.05) is 45.8 Å². The summed E-state index contributed by atoms with van der Waals surface area (Å²) >= 11 is 0. The summed E-state index contributed by atoms with van der Waals surface area (Å²) in [5.41, 5.74) is 1.88. The summed E-state index contributed by atoms with van der Waals surface area (Å²) in [5, 5.41) is 9.06. The standard InChI is InChI=1S/C19H26N4O/c1-16(18-6-4-5-17(13-18)14-20)22-9-11-23(12-10-22)19(24)15-21-7-2-3-8-21/h4-6,13,16H,2-3,7-12,15H2,1H3/t16-/m1/s1. The van der Waals surface area contributed by atoms with Crippen molar-refractivity contribution in [1.29, 1.82) is 5.26 Å². The first kappa shape index (κ1) is 16.9. The Bertz CT molecular complexity index is 610. The minimum absolute atomic E-state index is 0.272. The molecule has 0 bridgehead atoms. The van der Waals surface area contributed by atoms with Crippen LogP contribution in [0.15, 0.2) is 24.3 Å². The van der Waals surface area contributed by atoms with Crippen LogP contribution in [-0.4, -0.2) is 66.4 Å². The van der Waals surface area contributed by atoms with Gasteiger partial charge in [-0.2, -0.15) is 5.26 Å². The van der Waals surface area contributed by atoms with Crippen molar-refractivity contribution in [2.45, 2.75) is 25.8 Å². The Hall–Kier alpha value is -1.90. The van der Waals surface area contributed by atoms with E-state index in [2.05, 4.69) is 28.9 Å². The number of nitriles is 1. The Morgan fingerprint density at radius 3 is 2.54 bits per heavy atom. The van der Waals surface area contributed by atoms with Crippen LogP contribution in [-0.2, 0) is 4.79 Å². The molecule has 5 heteroatoms. The van der Waals surface area contributed by atoms with Crippen LogP contribution in [0.25, 0.3) is 0 Å². The normalized spacial score (nSPS) is 20.8. The molecule has 2 saturated heterocycles. The van der Waals surface area contributed by atoms with Crippen LogP contribution in [0.1, 0.15) is 36.9 Å². The molecule has 1 aromatic carbocycles. The first-order chi connectivity index (χ1) is 11.7. The van der Waals surface area contributed by atoms with Gasteiger partial charge in [-0.25, -0.2) is 0 Å². The second-order valence-electron chi connectivity index (χ2n) is 6.81. The second-order valence-corrected chi connectivity index (χ2v) is 6.81. The van der Waals surface area contributed by atoms with Crippen molar-refractivity contribution in [1.82, 2.24) is 14.7 Å². The van der Waals surface area contributed by atoms with Crippen LogP contribution in [0.3, 0.4) is 0 Å². The Morgan fingerprint density at radius 2 is 1.88 bits per heavy atom. The van der Waals surface area contributed by atoms with Crippen LogP contribution in [0.5, 0.6) is 0 Å². The fourth-order valence-corrected chi connectivity index (χ4v) is 3.67. The highest BCUT2D eigenvalue weighted by atomic mass is 16.2. The van der Waals surface area contributed by atoms with Gasteiger partial charge in [0.25, 0.3) is 0 Å². The van der Waals surface area contributed by atoms with Gasteiger partial charge in [0.1, 0.15) is 0 Å². The molecule has 0 N–H and O–H groups in total. The molecular formula is C19H26N4O. The molecule has 1 atom stereocenters. The number of hydrogen-bond acceptors (Lipinski definition) is 4. The van der Waals surface area contributed by atoms with E-state index < -0.39 is 0 Å². The lowest BCUT2D eigenvalue weighted by Crippen LogP contribution is -2.51. The molecule has 1 aromatic rings. The van der Waals surface area contributed by atoms with Crippen molar-refractivity contribution in [3.8, 4) is 6.07 Å². The topological polar surface area (TPSA) is 50.6 Å². The number of amides is 1. The molecule has 0 saturated carbocycles. The molecule has 2 heterocycles. The Kier molecular flexibility index (Phi) is 5.49. The van der Waals surface area contributed by atoms with Gasteiger partial charge in [0.2, 0.25) is 5.91 Å². The Balaban J connectivity index is 1.52. The lowest BCUT2D eigenvalue weighted by molar-refractivity contribution is -0.134. The predicted molar refractivity (Wildman–Crippen MR) is 93.4 cm³/mol. The first-order valence-electron chi connectivity index (χ1n) is 8.91. The minimum atomic E-state index is 0.272. The summed E-state index contributed by atoms with van der Waals surface area (Å²) in [6.07, 6.45) is 2.45. The van der Waals surface area contributed by atoms with Gasteiger partial charge in [0.05, 0.1) is 18.2 Å². The van der Waals surface area contributed by atoms with Gasteiger partial charge in [-0.15, -0.1) is 0 Å². The molecular weight excluding hydrogens is 300 g/mol. The first-order valence-corrected chi connectivity index (χ1v) is 8.91. The van der Waals surface area contributed by atoms with E-state index in [-0.39, 0.29) is 11.9 Å². The summed E-state index contributed by atoms with van der Waals surface area (Å²) in [6, 6.07) is 10.3. The number of likely N-dealkylation sites (tertiary alicyclic amines) is 1. The third-order valence-corrected chi connectivity index (χ3v) is 5.27. The molecule has 3 rings (SSSR count). The zero-order valence-corrected chi connectivity index (χ0v) is 14.4. The molecule has 2 fully saturated rings. The highest BCUT2D eigenvalue weighted by Gasteiger charge is 2.26. The number of carbonyl (C=O) groups excluding carboxylic acids is 1. The molecule has 0 radical (unpaired) electrons. The van der Waals surface area contributed by atoms with E-state index in [4.69, 9.17) is 5.26 Å². The summed E-state index contributed by atoms with van der Waals surface area (Å²) < 4.78 is 0. The van der Waals surface area contributed by atoms with E-state index in [9.17, 15) is 4.79 Å². The lowest BCUT2D eigenvalue weighted by atomic mass is 10.0. The van der Waals surface area contributed by atoms with Gasteiger partial charge in [-0.3, -0.25) is 14.6 Å². The average Bonchev–Trinajstić information content (AvgIpc) is 3.14. The Labute approximate surface area is 144 Å². The largest absolute Gasteiger partial charge is 0.339 e. The molecule has 0 aromatic heterocycles. The zero-order chi connectivity index (χ0) is 16.9. The third-order valence-electron chi connectivity index (χ3n) is 5.27. The van der Waals surface area contributed by atoms with Crippen molar-refractivity contribution in [3.63, 3.8) is 0 Å². The number of carbonyl (C=O) groups is 1. The van der Waals surface area contributed by atoms with Crippen molar-refractivity contribution in [3.05, 3.63) is 35.4 Å². The smallest absolute Gasteiger partial charge is 0.236 e. The van der Waals surface area contributed by atoms with Crippen molar-refractivity contribution >= 4 is 5.91 Å². The average molecular weight is 326 g/mol. The van der Waals surface area contributed by atoms with Crippen LogP contribution in [0.4, 0.5) is 0 Å². The number of nitrogens with zero attached hydrogens (tertiary/aromatic N) is 4. The van der Waals surface area contributed by atoms with Gasteiger partial charge in [0.15, 0.2) is 0 Å². The fraction of sp³-hybridized carbons (Fsp3) is 0.579. The van der Waals surface area contributed by atoms with E-state index >= 15 is 0 Å². The van der Waals surface area contributed by atoms with E-state index in [1.807, 2.05) is 23.1 Å². The monoisotopic (exact) mass is 326 g/mol. The summed E-state index contributed by atoms with van der Waals surface area (Å²) in [5.74, 6) is 0.274. The summed E-state index contributed by atoms with van der Waals surface area (Å²) in [7, 11) is 0. The van der Waals surface area contributed by atoms with Gasteiger partial charge in [0, 0.05) is 32.2 Å². The fourth-order valence-electron chi connectivity index (χ4n) is 3.67. The van der Waals surface area contributed by atoms with E-state index in [1.165, 1.54) is 18.4 Å². The van der Waals surface area contributed by atoms with Crippen LogP contribution in [0.2, 0.25) is 0 Å². The molecule has 5 nitrogen and oxygen atoms in total. The number of benzene rings is 1. The SMILES string of the molecule is C[C@H](c1cccc(C#N)c1)N1CCN(C(=O)CN2CCCC2)CC1. The maximum atomic E-state index is 12.4. The molecule has 2 aliphatic rings. The number of rotatable bonds is 4. The molecule has 24 heavy (non-hydrogen) atoms. The van der Waals surface area contributed by atoms with Gasteiger partial charge in [-0.1, -0.05) is 12.1 Å². The second kappa shape index (κ2) is 7.78. The van der Waals surface area contributed by atoms with Crippen molar-refractivity contribution in [2.24, 2.45) is 0 Å². The van der Waals surface area contributed by atoms with Crippen molar-refractivity contribution < 1.29 is 4.79 Å². The number of hydrogen-bond donors (Lipinski definition) is 0. The molecule has 0 spiro atoms. The van der Waals surface area contributed by atoms with Crippen LogP contribution in [0, 0.1) is 11.3 Å². The van der Waals surface area contributed by atoms with E-state index in [0.717, 1.165) is 39.3 Å². The molecule has 128 valence electrons.